The topological polar surface area (TPSA) is 38.5 Å². The Bertz CT molecular complexity index is 403. The number of ether oxygens (including phenoxy) is 1. The van der Waals surface area contributed by atoms with Gasteiger partial charge in [0.15, 0.2) is 0 Å². The Hall–Kier alpha value is -1.06. The van der Waals surface area contributed by atoms with E-state index in [9.17, 15) is 0 Å². The van der Waals surface area contributed by atoms with Crippen LogP contribution in [0.3, 0.4) is 0 Å². The standard InChI is InChI=1S/C16H24N2O/c1-18-13-4-5-14(18)11-16(10-13)19-15-6-2-12(3-7-15)8-9-17/h2-3,6-7,13-14,16H,4-5,8-11,17H2,1H3. The average molecular weight is 260 g/mol. The molecule has 1 aromatic carbocycles. The number of hydrogen-bond donors (Lipinski definition) is 1. The van der Waals surface area contributed by atoms with Crippen molar-refractivity contribution in [3.05, 3.63) is 29.8 Å². The van der Waals surface area contributed by atoms with Crippen molar-refractivity contribution in [1.29, 1.82) is 0 Å². The van der Waals surface area contributed by atoms with Gasteiger partial charge in [0.1, 0.15) is 11.9 Å². The van der Waals surface area contributed by atoms with Crippen LogP contribution in [-0.2, 0) is 6.42 Å². The van der Waals surface area contributed by atoms with Crippen LogP contribution in [0.15, 0.2) is 24.3 Å². The van der Waals surface area contributed by atoms with Gasteiger partial charge in [-0.05, 0) is 63.4 Å². The highest BCUT2D eigenvalue weighted by Gasteiger charge is 2.39. The van der Waals surface area contributed by atoms with Crippen molar-refractivity contribution in [2.24, 2.45) is 5.73 Å². The molecular formula is C16H24N2O. The predicted molar refractivity (Wildman–Crippen MR) is 77.4 cm³/mol. The maximum atomic E-state index is 6.16. The highest BCUT2D eigenvalue weighted by atomic mass is 16.5. The minimum Gasteiger partial charge on any atom is -0.490 e. The van der Waals surface area contributed by atoms with Crippen molar-refractivity contribution in [3.63, 3.8) is 0 Å². The first-order chi connectivity index (χ1) is 9.26. The van der Waals surface area contributed by atoms with E-state index in [1.807, 2.05) is 0 Å². The fourth-order valence-electron chi connectivity index (χ4n) is 3.55. The number of hydrogen-bond acceptors (Lipinski definition) is 3. The van der Waals surface area contributed by atoms with E-state index >= 15 is 0 Å². The molecule has 2 N–H and O–H groups in total. The zero-order chi connectivity index (χ0) is 13.2. The predicted octanol–water partition coefficient (Wildman–Crippen LogP) is 2.19. The molecule has 2 atom stereocenters. The summed E-state index contributed by atoms with van der Waals surface area (Å²) in [4.78, 5) is 2.55. The molecule has 0 saturated carbocycles. The lowest BCUT2D eigenvalue weighted by atomic mass is 10.0. The molecule has 2 heterocycles. The zero-order valence-electron chi connectivity index (χ0n) is 11.7. The van der Waals surface area contributed by atoms with Crippen LogP contribution in [0.1, 0.15) is 31.2 Å². The molecule has 2 saturated heterocycles. The van der Waals surface area contributed by atoms with Crippen LogP contribution in [-0.4, -0.2) is 36.7 Å². The van der Waals surface area contributed by atoms with Gasteiger partial charge in [-0.3, -0.25) is 0 Å². The summed E-state index contributed by atoms with van der Waals surface area (Å²) in [5, 5.41) is 0. The van der Waals surface area contributed by atoms with Gasteiger partial charge in [0.2, 0.25) is 0 Å². The van der Waals surface area contributed by atoms with Gasteiger partial charge in [-0.2, -0.15) is 0 Å². The smallest absolute Gasteiger partial charge is 0.119 e. The Labute approximate surface area is 115 Å². The lowest BCUT2D eigenvalue weighted by Crippen LogP contribution is -2.43. The normalized spacial score (nSPS) is 30.5. The molecule has 2 unspecified atom stereocenters. The highest BCUT2D eigenvalue weighted by molar-refractivity contribution is 5.27. The van der Waals surface area contributed by atoms with E-state index in [2.05, 4.69) is 36.2 Å². The van der Waals surface area contributed by atoms with Gasteiger partial charge >= 0.3 is 0 Å². The Morgan fingerprint density at radius 3 is 2.37 bits per heavy atom. The fraction of sp³-hybridized carbons (Fsp3) is 0.625. The number of benzene rings is 1. The molecular weight excluding hydrogens is 236 g/mol. The maximum absolute atomic E-state index is 6.16. The summed E-state index contributed by atoms with van der Waals surface area (Å²) in [6, 6.07) is 9.91. The second-order valence-corrected chi connectivity index (χ2v) is 5.94. The molecule has 104 valence electrons. The summed E-state index contributed by atoms with van der Waals surface area (Å²) >= 11 is 0. The van der Waals surface area contributed by atoms with E-state index in [0.29, 0.717) is 12.6 Å². The molecule has 3 heteroatoms. The van der Waals surface area contributed by atoms with Crippen LogP contribution in [0.4, 0.5) is 0 Å². The Balaban J connectivity index is 1.59. The van der Waals surface area contributed by atoms with E-state index in [4.69, 9.17) is 10.5 Å². The summed E-state index contributed by atoms with van der Waals surface area (Å²) in [5.41, 5.74) is 6.85. The zero-order valence-corrected chi connectivity index (χ0v) is 11.7. The van der Waals surface area contributed by atoms with E-state index in [-0.39, 0.29) is 0 Å². The number of piperidine rings is 1. The first-order valence-corrected chi connectivity index (χ1v) is 7.44. The van der Waals surface area contributed by atoms with Crippen molar-refractivity contribution in [3.8, 4) is 5.75 Å². The van der Waals surface area contributed by atoms with Gasteiger partial charge in [0.25, 0.3) is 0 Å². The molecule has 2 bridgehead atoms. The van der Waals surface area contributed by atoms with Crippen LogP contribution in [0.2, 0.25) is 0 Å². The van der Waals surface area contributed by atoms with Crippen LogP contribution in [0.5, 0.6) is 5.75 Å². The van der Waals surface area contributed by atoms with Gasteiger partial charge in [0, 0.05) is 12.1 Å². The van der Waals surface area contributed by atoms with E-state index in [1.165, 1.54) is 31.2 Å². The van der Waals surface area contributed by atoms with Gasteiger partial charge in [-0.15, -0.1) is 0 Å². The van der Waals surface area contributed by atoms with Crippen molar-refractivity contribution in [2.75, 3.05) is 13.6 Å². The fourth-order valence-corrected chi connectivity index (χ4v) is 3.55. The number of nitrogens with two attached hydrogens (primary N) is 1. The van der Waals surface area contributed by atoms with Gasteiger partial charge < -0.3 is 15.4 Å². The van der Waals surface area contributed by atoms with E-state index in [1.54, 1.807) is 0 Å². The lowest BCUT2D eigenvalue weighted by Gasteiger charge is -2.36. The van der Waals surface area contributed by atoms with E-state index in [0.717, 1.165) is 24.3 Å². The summed E-state index contributed by atoms with van der Waals surface area (Å²) in [6.45, 7) is 0.707. The lowest BCUT2D eigenvalue weighted by molar-refractivity contribution is 0.0661. The third-order valence-corrected chi connectivity index (χ3v) is 4.71. The summed E-state index contributed by atoms with van der Waals surface area (Å²) in [5.74, 6) is 1.01. The monoisotopic (exact) mass is 260 g/mol. The Kier molecular flexibility index (Phi) is 3.76. The molecule has 0 amide bonds. The molecule has 0 aliphatic carbocycles. The molecule has 0 spiro atoms. The molecule has 2 aliphatic heterocycles. The van der Waals surface area contributed by atoms with Crippen molar-refractivity contribution in [1.82, 2.24) is 4.90 Å². The third kappa shape index (κ3) is 2.77. The number of nitrogens with zero attached hydrogens (tertiary/aromatic N) is 1. The first-order valence-electron chi connectivity index (χ1n) is 7.44. The molecule has 0 radical (unpaired) electrons. The van der Waals surface area contributed by atoms with Gasteiger partial charge in [-0.1, -0.05) is 12.1 Å². The SMILES string of the molecule is CN1C2CCC1CC(Oc1ccc(CCN)cc1)C2. The first kappa shape index (κ1) is 12.9. The molecule has 2 aliphatic rings. The molecule has 0 aromatic heterocycles. The summed E-state index contributed by atoms with van der Waals surface area (Å²) in [6.07, 6.45) is 6.38. The maximum Gasteiger partial charge on any atom is 0.119 e. The Morgan fingerprint density at radius 1 is 1.16 bits per heavy atom. The van der Waals surface area contributed by atoms with E-state index < -0.39 is 0 Å². The summed E-state index contributed by atoms with van der Waals surface area (Å²) in [7, 11) is 2.26. The molecule has 19 heavy (non-hydrogen) atoms. The van der Waals surface area contributed by atoms with Gasteiger partial charge in [-0.25, -0.2) is 0 Å². The van der Waals surface area contributed by atoms with Crippen molar-refractivity contribution < 1.29 is 4.74 Å². The number of rotatable bonds is 4. The number of fused-ring (bicyclic) bond motifs is 2. The average Bonchev–Trinajstić information content (AvgIpc) is 2.64. The molecule has 1 aromatic rings. The Morgan fingerprint density at radius 2 is 1.79 bits per heavy atom. The van der Waals surface area contributed by atoms with Crippen molar-refractivity contribution >= 4 is 0 Å². The summed E-state index contributed by atoms with van der Waals surface area (Å²) < 4.78 is 6.16. The second kappa shape index (κ2) is 5.51. The van der Waals surface area contributed by atoms with Crippen LogP contribution < -0.4 is 10.5 Å². The van der Waals surface area contributed by atoms with Crippen LogP contribution in [0, 0.1) is 0 Å². The second-order valence-electron chi connectivity index (χ2n) is 5.94. The highest BCUT2D eigenvalue weighted by Crippen LogP contribution is 2.35. The van der Waals surface area contributed by atoms with Crippen molar-refractivity contribution in [2.45, 2.75) is 50.3 Å². The quantitative estimate of drug-likeness (QED) is 0.902. The largest absolute Gasteiger partial charge is 0.490 e. The van der Waals surface area contributed by atoms with Crippen LogP contribution in [0.25, 0.3) is 0 Å². The minimum absolute atomic E-state index is 0.397. The molecule has 2 fully saturated rings. The van der Waals surface area contributed by atoms with Gasteiger partial charge in [0.05, 0.1) is 0 Å². The minimum atomic E-state index is 0.397. The molecule has 3 nitrogen and oxygen atoms in total. The third-order valence-electron chi connectivity index (χ3n) is 4.71. The van der Waals surface area contributed by atoms with Crippen LogP contribution >= 0.6 is 0 Å². The molecule has 3 rings (SSSR count).